The molecule has 0 heterocycles. The molecule has 172 valence electrons. The van der Waals surface area contributed by atoms with Gasteiger partial charge in [-0.3, -0.25) is 9.59 Å². The largest absolute Gasteiger partial charge is 0.399 e. The Balaban J connectivity index is 1.81. The first-order chi connectivity index (χ1) is 15.3. The van der Waals surface area contributed by atoms with Crippen molar-refractivity contribution in [1.82, 2.24) is 0 Å². The molecule has 3 aromatic carbocycles. The first kappa shape index (κ1) is 24.0. The molecule has 0 aliphatic rings. The molecule has 3 rings (SSSR count). The van der Waals surface area contributed by atoms with E-state index in [4.69, 9.17) is 5.73 Å². The second-order valence-corrected chi connectivity index (χ2v) is 9.03. The molecule has 6 N–H and O–H groups in total. The van der Waals surface area contributed by atoms with Crippen molar-refractivity contribution in [1.29, 1.82) is 0 Å². The number of hydrogen-bond acceptors (Lipinski definition) is 5. The van der Waals surface area contributed by atoms with Crippen molar-refractivity contribution < 1.29 is 19.8 Å². The van der Waals surface area contributed by atoms with Gasteiger partial charge in [0.15, 0.2) is 0 Å². The molecule has 0 fully saturated rings. The van der Waals surface area contributed by atoms with E-state index in [1.807, 2.05) is 0 Å². The van der Waals surface area contributed by atoms with E-state index in [-0.39, 0.29) is 16.8 Å². The van der Waals surface area contributed by atoms with E-state index in [9.17, 15) is 19.8 Å². The third kappa shape index (κ3) is 6.19. The first-order valence-electron chi connectivity index (χ1n) is 10.5. The monoisotopic (exact) mass is 447 g/mol. The fourth-order valence-electron chi connectivity index (χ4n) is 3.28. The van der Waals surface area contributed by atoms with E-state index in [1.165, 1.54) is 18.2 Å². The van der Waals surface area contributed by atoms with Crippen molar-refractivity contribution in [2.45, 2.75) is 38.9 Å². The molecular formula is C26H29N3O4. The summed E-state index contributed by atoms with van der Waals surface area (Å²) in [6.45, 7) is 6.64. The molecule has 0 bridgehead atoms. The van der Waals surface area contributed by atoms with Crippen molar-refractivity contribution in [3.05, 3.63) is 89.0 Å². The summed E-state index contributed by atoms with van der Waals surface area (Å²) in [6, 6.07) is 18.2. The van der Waals surface area contributed by atoms with E-state index in [2.05, 4.69) is 10.6 Å². The Bertz CT molecular complexity index is 1100. The van der Waals surface area contributed by atoms with Gasteiger partial charge in [-0.05, 0) is 81.3 Å². The molecule has 0 saturated heterocycles. The lowest BCUT2D eigenvalue weighted by Gasteiger charge is -2.19. The number of nitrogen functional groups attached to an aromatic ring is 1. The van der Waals surface area contributed by atoms with E-state index in [0.717, 1.165) is 0 Å². The molecule has 0 radical (unpaired) electrons. The second-order valence-electron chi connectivity index (χ2n) is 9.03. The number of amides is 2. The number of nitrogens with one attached hydrogen (secondary N) is 2. The van der Waals surface area contributed by atoms with Gasteiger partial charge in [-0.1, -0.05) is 24.3 Å². The lowest BCUT2D eigenvalue weighted by Crippen LogP contribution is -2.18. The standard InChI is InChI=1S/C26H29N3O4/c1-25(2,32)18-7-5-9-21(14-18)28-23(30)16-11-17(13-20(27)12-16)24(31)29-22-10-6-8-19(15-22)26(3,4)33/h5-15,32-33H,27H2,1-4H3,(H,28,30)(H,29,31). The highest BCUT2D eigenvalue weighted by atomic mass is 16.3. The first-order valence-corrected chi connectivity index (χ1v) is 10.5. The number of nitrogens with two attached hydrogens (primary N) is 1. The van der Waals surface area contributed by atoms with E-state index >= 15 is 0 Å². The van der Waals surface area contributed by atoms with Gasteiger partial charge < -0.3 is 26.6 Å². The maximum absolute atomic E-state index is 12.8. The van der Waals surface area contributed by atoms with Gasteiger partial charge in [-0.2, -0.15) is 0 Å². The number of rotatable bonds is 6. The Labute approximate surface area is 193 Å². The fraction of sp³-hybridized carbons (Fsp3) is 0.231. The van der Waals surface area contributed by atoms with Gasteiger partial charge in [0.1, 0.15) is 0 Å². The summed E-state index contributed by atoms with van der Waals surface area (Å²) in [5, 5.41) is 25.9. The minimum absolute atomic E-state index is 0.221. The Morgan fingerprint density at radius 1 is 0.697 bits per heavy atom. The molecule has 3 aromatic rings. The van der Waals surface area contributed by atoms with Gasteiger partial charge in [-0.25, -0.2) is 0 Å². The Hall–Kier alpha value is -3.68. The van der Waals surface area contributed by atoms with Crippen molar-refractivity contribution in [2.75, 3.05) is 16.4 Å². The summed E-state index contributed by atoms with van der Waals surface area (Å²) in [4.78, 5) is 25.7. The van der Waals surface area contributed by atoms with Crippen LogP contribution in [0.25, 0.3) is 0 Å². The predicted molar refractivity (Wildman–Crippen MR) is 130 cm³/mol. The van der Waals surface area contributed by atoms with Crippen LogP contribution in [0.15, 0.2) is 66.7 Å². The molecule has 7 nitrogen and oxygen atoms in total. The van der Waals surface area contributed by atoms with Gasteiger partial charge in [0, 0.05) is 28.2 Å². The topological polar surface area (TPSA) is 125 Å². The van der Waals surface area contributed by atoms with E-state index in [1.54, 1.807) is 76.2 Å². The summed E-state index contributed by atoms with van der Waals surface area (Å²) < 4.78 is 0. The minimum Gasteiger partial charge on any atom is -0.399 e. The average molecular weight is 448 g/mol. The van der Waals surface area contributed by atoms with Crippen LogP contribution in [0.5, 0.6) is 0 Å². The van der Waals surface area contributed by atoms with Gasteiger partial charge in [-0.15, -0.1) is 0 Å². The third-order valence-electron chi connectivity index (χ3n) is 5.13. The van der Waals surface area contributed by atoms with Crippen LogP contribution in [-0.4, -0.2) is 22.0 Å². The van der Waals surface area contributed by atoms with E-state index in [0.29, 0.717) is 22.5 Å². The Morgan fingerprint density at radius 3 is 1.45 bits per heavy atom. The number of benzene rings is 3. The molecule has 0 aromatic heterocycles. The zero-order valence-electron chi connectivity index (χ0n) is 19.1. The predicted octanol–water partition coefficient (Wildman–Crippen LogP) is 4.23. The zero-order chi connectivity index (χ0) is 24.4. The zero-order valence-corrected chi connectivity index (χ0v) is 19.1. The molecule has 0 aliphatic carbocycles. The SMILES string of the molecule is CC(C)(O)c1cccc(NC(=O)c2cc(N)cc(C(=O)Nc3cccc(C(C)(C)O)c3)c2)c1. The lowest BCUT2D eigenvalue weighted by molar-refractivity contribution is 0.0781. The summed E-state index contributed by atoms with van der Waals surface area (Å²) in [5.74, 6) is -0.874. The van der Waals surface area contributed by atoms with Crippen LogP contribution in [0.4, 0.5) is 17.1 Å². The maximum Gasteiger partial charge on any atom is 0.255 e. The van der Waals surface area contributed by atoms with Crippen LogP contribution in [0.3, 0.4) is 0 Å². The number of carbonyl (C=O) groups excluding carboxylic acids is 2. The highest BCUT2D eigenvalue weighted by Crippen LogP contribution is 2.25. The molecular weight excluding hydrogens is 418 g/mol. The van der Waals surface area contributed by atoms with Gasteiger partial charge in [0.25, 0.3) is 11.8 Å². The third-order valence-corrected chi connectivity index (χ3v) is 5.13. The van der Waals surface area contributed by atoms with Gasteiger partial charge in [0.2, 0.25) is 0 Å². The maximum atomic E-state index is 12.8. The molecule has 0 atom stereocenters. The van der Waals surface area contributed by atoms with Crippen LogP contribution in [0.1, 0.15) is 59.5 Å². The molecule has 33 heavy (non-hydrogen) atoms. The molecule has 0 saturated carbocycles. The fourth-order valence-corrected chi connectivity index (χ4v) is 3.28. The molecule has 7 heteroatoms. The minimum atomic E-state index is -1.05. The van der Waals surface area contributed by atoms with Crippen molar-refractivity contribution in [3.63, 3.8) is 0 Å². The van der Waals surface area contributed by atoms with Crippen molar-refractivity contribution >= 4 is 28.9 Å². The highest BCUT2D eigenvalue weighted by molar-refractivity contribution is 6.09. The van der Waals surface area contributed by atoms with Crippen LogP contribution < -0.4 is 16.4 Å². The van der Waals surface area contributed by atoms with Crippen molar-refractivity contribution in [2.24, 2.45) is 0 Å². The summed E-state index contributed by atoms with van der Waals surface area (Å²) in [5.41, 5.74) is 6.90. The van der Waals surface area contributed by atoms with Crippen LogP contribution in [-0.2, 0) is 11.2 Å². The van der Waals surface area contributed by atoms with Crippen LogP contribution in [0.2, 0.25) is 0 Å². The quantitative estimate of drug-likeness (QED) is 0.362. The summed E-state index contributed by atoms with van der Waals surface area (Å²) in [6.07, 6.45) is 0. The Kier molecular flexibility index (Phi) is 6.58. The average Bonchev–Trinajstić information content (AvgIpc) is 2.72. The normalized spacial score (nSPS) is 11.7. The number of hydrogen-bond donors (Lipinski definition) is 5. The molecule has 2 amide bonds. The van der Waals surface area contributed by atoms with Gasteiger partial charge in [0.05, 0.1) is 11.2 Å². The number of anilines is 3. The molecule has 0 aliphatic heterocycles. The Morgan fingerprint density at radius 2 is 1.09 bits per heavy atom. The van der Waals surface area contributed by atoms with Gasteiger partial charge >= 0.3 is 0 Å². The van der Waals surface area contributed by atoms with Crippen LogP contribution in [0, 0.1) is 0 Å². The van der Waals surface area contributed by atoms with E-state index < -0.39 is 23.0 Å². The number of carbonyl (C=O) groups is 2. The smallest absolute Gasteiger partial charge is 0.255 e. The molecule has 0 spiro atoms. The summed E-state index contributed by atoms with van der Waals surface area (Å²) in [7, 11) is 0. The van der Waals surface area contributed by atoms with Crippen LogP contribution >= 0.6 is 0 Å². The number of aliphatic hydroxyl groups is 2. The van der Waals surface area contributed by atoms with Crippen molar-refractivity contribution in [3.8, 4) is 0 Å². The molecule has 0 unspecified atom stereocenters. The second kappa shape index (κ2) is 9.05. The highest BCUT2D eigenvalue weighted by Gasteiger charge is 2.19. The lowest BCUT2D eigenvalue weighted by atomic mass is 9.98. The summed E-state index contributed by atoms with van der Waals surface area (Å²) >= 11 is 0.